The first kappa shape index (κ1) is 16.0. The topological polar surface area (TPSA) is 131 Å². The van der Waals surface area contributed by atoms with Gasteiger partial charge in [-0.3, -0.25) is 0 Å². The molecule has 0 amide bonds. The molecule has 116 valence electrons. The smallest absolute Gasteiger partial charge is 0.340 e. The van der Waals surface area contributed by atoms with Gasteiger partial charge in [-0.15, -0.1) is 0 Å². The quantitative estimate of drug-likeness (QED) is 0.350. The number of rotatable bonds is 3. The minimum Gasteiger partial charge on any atom is -0.467 e. The Kier molecular flexibility index (Phi) is 4.43. The van der Waals surface area contributed by atoms with Crippen LogP contribution in [0.25, 0.3) is 0 Å². The van der Waals surface area contributed by atoms with Gasteiger partial charge in [-0.25, -0.2) is 9.78 Å². The third-order valence-corrected chi connectivity index (χ3v) is 3.83. The molecule has 3 atom stereocenters. The highest BCUT2D eigenvalue weighted by Crippen LogP contribution is 2.35. The fourth-order valence-corrected chi connectivity index (χ4v) is 2.67. The van der Waals surface area contributed by atoms with Crippen molar-refractivity contribution in [2.75, 3.05) is 18.2 Å². The normalized spacial score (nSPS) is 28.4. The van der Waals surface area contributed by atoms with Crippen molar-refractivity contribution in [2.24, 2.45) is 0 Å². The Morgan fingerprint density at radius 2 is 2.19 bits per heavy atom. The number of carbonyl (C=O) groups is 1. The third-order valence-electron chi connectivity index (χ3n) is 3.37. The monoisotopic (exact) mass is 336 g/mol. The minimum atomic E-state index is -1.97. The molecule has 8 nitrogen and oxygen atoms in total. The zero-order valence-electron chi connectivity index (χ0n) is 11.0. The van der Waals surface area contributed by atoms with Crippen LogP contribution in [0, 0.1) is 0 Å². The molecule has 0 bridgehead atoms. The summed E-state index contributed by atoms with van der Waals surface area (Å²) in [6, 6.07) is -0.464. The molecule has 1 aliphatic carbocycles. The maximum Gasteiger partial charge on any atom is 0.340 e. The summed E-state index contributed by atoms with van der Waals surface area (Å²) in [5.41, 5.74) is 3.84. The Hall–Kier alpha value is -1.35. The van der Waals surface area contributed by atoms with E-state index in [-0.39, 0.29) is 34.8 Å². The van der Waals surface area contributed by atoms with Crippen LogP contribution < -0.4 is 11.1 Å². The number of aromatic nitrogens is 2. The Bertz CT molecular complexity index is 573. The summed E-state index contributed by atoms with van der Waals surface area (Å²) in [7, 11) is 1.13. The average Bonchev–Trinajstić information content (AvgIpc) is 2.70. The summed E-state index contributed by atoms with van der Waals surface area (Å²) in [5.74, 6) is -0.725. The first-order chi connectivity index (χ1) is 9.77. The number of carbonyl (C=O) groups excluding carboxylic acids is 1. The fraction of sp³-hybridized carbons (Fsp3) is 0.545. The van der Waals surface area contributed by atoms with Gasteiger partial charge >= 0.3 is 5.97 Å². The lowest BCUT2D eigenvalue weighted by Crippen LogP contribution is -2.46. The number of nitrogen functional groups attached to an aromatic ring is 1. The van der Waals surface area contributed by atoms with Crippen LogP contribution in [0.4, 0.5) is 11.5 Å². The number of methoxy groups -OCH3 is 1. The van der Waals surface area contributed by atoms with Crippen molar-refractivity contribution in [1.82, 2.24) is 9.97 Å². The summed E-state index contributed by atoms with van der Waals surface area (Å²) in [6.07, 6.45) is -1.24. The average molecular weight is 337 g/mol. The molecule has 3 unspecified atom stereocenters. The minimum absolute atomic E-state index is 0.0146. The third kappa shape index (κ3) is 2.98. The van der Waals surface area contributed by atoms with Crippen LogP contribution >= 0.6 is 23.2 Å². The van der Waals surface area contributed by atoms with Crippen LogP contribution in [-0.2, 0) is 9.53 Å². The number of nitrogens with one attached hydrogen (secondary N) is 1. The van der Waals surface area contributed by atoms with Crippen LogP contribution in [0.1, 0.15) is 12.8 Å². The van der Waals surface area contributed by atoms with Gasteiger partial charge < -0.3 is 26.0 Å². The molecule has 0 radical (unpaired) electrons. The maximum atomic E-state index is 11.6. The molecule has 1 aromatic rings. The molecule has 1 fully saturated rings. The predicted molar refractivity (Wildman–Crippen MR) is 76.1 cm³/mol. The molecule has 1 saturated carbocycles. The summed E-state index contributed by atoms with van der Waals surface area (Å²) in [5, 5.41) is 22.8. The molecule has 0 saturated heterocycles. The van der Waals surface area contributed by atoms with Gasteiger partial charge in [0.05, 0.1) is 13.2 Å². The van der Waals surface area contributed by atoms with Crippen molar-refractivity contribution in [2.45, 2.75) is 30.6 Å². The van der Waals surface area contributed by atoms with Crippen molar-refractivity contribution in [3.05, 3.63) is 10.4 Å². The molecule has 1 aromatic heterocycles. The second kappa shape index (κ2) is 5.80. The highest BCUT2D eigenvalue weighted by Gasteiger charge is 2.52. The number of hydrogen-bond donors (Lipinski definition) is 4. The summed E-state index contributed by atoms with van der Waals surface area (Å²) < 4.78 is 4.50. The van der Waals surface area contributed by atoms with Crippen molar-refractivity contribution in [3.8, 4) is 0 Å². The van der Waals surface area contributed by atoms with Gasteiger partial charge in [-0.2, -0.15) is 4.98 Å². The summed E-state index contributed by atoms with van der Waals surface area (Å²) in [6.45, 7) is 0. The largest absolute Gasteiger partial charge is 0.467 e. The lowest BCUT2D eigenvalue weighted by Gasteiger charge is -2.23. The molecule has 5 N–H and O–H groups in total. The zero-order chi connectivity index (χ0) is 15.8. The lowest BCUT2D eigenvalue weighted by molar-refractivity contribution is -0.171. The molecule has 0 aliphatic heterocycles. The number of anilines is 2. The maximum absolute atomic E-state index is 11.6. The van der Waals surface area contributed by atoms with E-state index in [2.05, 4.69) is 20.0 Å². The van der Waals surface area contributed by atoms with E-state index in [9.17, 15) is 15.0 Å². The molecule has 1 heterocycles. The van der Waals surface area contributed by atoms with Crippen molar-refractivity contribution in [3.63, 3.8) is 0 Å². The number of nitrogens with zero attached hydrogens (tertiary/aromatic N) is 2. The predicted octanol–water partition coefficient (Wildman–Crippen LogP) is 0.205. The second-order valence-electron chi connectivity index (χ2n) is 4.76. The van der Waals surface area contributed by atoms with E-state index in [0.29, 0.717) is 0 Å². The summed E-state index contributed by atoms with van der Waals surface area (Å²) in [4.78, 5) is 19.1. The van der Waals surface area contributed by atoms with Gasteiger partial charge in [0, 0.05) is 12.5 Å². The molecule has 0 spiro atoms. The molecular weight excluding hydrogens is 323 g/mol. The number of hydrogen-bond acceptors (Lipinski definition) is 8. The number of ether oxygens (including phenoxy) is 1. The molecule has 0 aromatic carbocycles. The van der Waals surface area contributed by atoms with Crippen molar-refractivity contribution in [1.29, 1.82) is 0 Å². The van der Waals surface area contributed by atoms with Crippen molar-refractivity contribution < 1.29 is 19.7 Å². The Labute approximate surface area is 130 Å². The molecule has 10 heteroatoms. The van der Waals surface area contributed by atoms with Gasteiger partial charge in [-0.05, 0) is 18.0 Å². The number of aliphatic hydroxyl groups excluding tert-OH is 1. The van der Waals surface area contributed by atoms with Gasteiger partial charge in [0.25, 0.3) is 0 Å². The van der Waals surface area contributed by atoms with E-state index >= 15 is 0 Å². The summed E-state index contributed by atoms with van der Waals surface area (Å²) >= 11 is 11.5. The van der Waals surface area contributed by atoms with E-state index in [0.717, 1.165) is 7.11 Å². The first-order valence-corrected chi connectivity index (χ1v) is 6.77. The zero-order valence-corrected chi connectivity index (χ0v) is 12.5. The van der Waals surface area contributed by atoms with Crippen LogP contribution in [-0.4, -0.2) is 51.0 Å². The van der Waals surface area contributed by atoms with E-state index in [1.165, 1.54) is 0 Å². The highest BCUT2D eigenvalue weighted by atomic mass is 35.5. The van der Waals surface area contributed by atoms with Gasteiger partial charge in [0.1, 0.15) is 5.69 Å². The fourth-order valence-electron chi connectivity index (χ4n) is 2.29. The number of aliphatic hydroxyl groups is 2. The molecular formula is C11H14Cl2N4O4. The van der Waals surface area contributed by atoms with E-state index < -0.39 is 23.7 Å². The molecule has 1 aliphatic rings. The molecule has 2 rings (SSSR count). The second-order valence-corrected chi connectivity index (χ2v) is 5.45. The highest BCUT2D eigenvalue weighted by molar-refractivity contribution is 6.34. The Morgan fingerprint density at radius 1 is 1.52 bits per heavy atom. The van der Waals surface area contributed by atoms with Crippen LogP contribution in [0.3, 0.4) is 0 Å². The SMILES string of the molecule is COC(=O)C1(O)CC(Nc2nc(Cl)nc(Cl)c2N)CC1O. The van der Waals surface area contributed by atoms with E-state index in [1.807, 2.05) is 0 Å². The van der Waals surface area contributed by atoms with Gasteiger partial charge in [0.15, 0.2) is 16.6 Å². The van der Waals surface area contributed by atoms with E-state index in [4.69, 9.17) is 28.9 Å². The Balaban J connectivity index is 2.18. The van der Waals surface area contributed by atoms with Crippen LogP contribution in [0.5, 0.6) is 0 Å². The standard InChI is InChI=1S/C11H14Cl2N4O4/c1-21-9(19)11(20)3-4(2-5(11)18)15-8-6(14)7(12)16-10(13)17-8/h4-5,18,20H,2-3,14H2,1H3,(H,15,16,17). The Morgan fingerprint density at radius 3 is 2.81 bits per heavy atom. The number of nitrogens with two attached hydrogens (primary N) is 1. The van der Waals surface area contributed by atoms with Crippen LogP contribution in [0.15, 0.2) is 0 Å². The number of esters is 1. The van der Waals surface area contributed by atoms with Crippen molar-refractivity contribution >= 4 is 40.7 Å². The van der Waals surface area contributed by atoms with Crippen LogP contribution in [0.2, 0.25) is 10.4 Å². The molecule has 21 heavy (non-hydrogen) atoms. The lowest BCUT2D eigenvalue weighted by atomic mass is 10.0. The van der Waals surface area contributed by atoms with Gasteiger partial charge in [0.2, 0.25) is 5.28 Å². The first-order valence-electron chi connectivity index (χ1n) is 6.02. The van der Waals surface area contributed by atoms with E-state index in [1.54, 1.807) is 0 Å². The van der Waals surface area contributed by atoms with Gasteiger partial charge in [-0.1, -0.05) is 11.6 Å². The number of halogens is 2.